The van der Waals surface area contributed by atoms with E-state index in [1.54, 1.807) is 0 Å². The van der Waals surface area contributed by atoms with Crippen LogP contribution in [0.5, 0.6) is 0 Å². The van der Waals surface area contributed by atoms with Crippen molar-refractivity contribution in [3.8, 4) is 0 Å². The molecule has 0 bridgehead atoms. The molecule has 2 aromatic rings. The molecule has 1 fully saturated rings. The van der Waals surface area contributed by atoms with Crippen molar-refractivity contribution in [1.82, 2.24) is 14.7 Å². The Labute approximate surface area is 124 Å². The Balaban J connectivity index is 1.78. The van der Waals surface area contributed by atoms with Gasteiger partial charge in [-0.3, -0.25) is 0 Å². The van der Waals surface area contributed by atoms with Crippen LogP contribution in [0.1, 0.15) is 20.3 Å². The number of aromatic nitrogens is 2. The summed E-state index contributed by atoms with van der Waals surface area (Å²) in [7, 11) is -3.26. The third kappa shape index (κ3) is 2.89. The van der Waals surface area contributed by atoms with Gasteiger partial charge in [-0.25, -0.2) is 18.1 Å². The van der Waals surface area contributed by atoms with Crippen LogP contribution in [-0.2, 0) is 10.0 Å². The SMILES string of the molecule is CC(C)NS(=O)(=O)C1CCN(c2nc3ccccc3[nH]2)C1. The molecule has 1 atom stereocenters. The van der Waals surface area contributed by atoms with Crippen molar-refractivity contribution >= 4 is 27.0 Å². The Bertz CT molecular complexity index is 705. The molecular weight excluding hydrogens is 288 g/mol. The summed E-state index contributed by atoms with van der Waals surface area (Å²) in [6, 6.07) is 7.73. The van der Waals surface area contributed by atoms with E-state index in [0.717, 1.165) is 17.0 Å². The maximum atomic E-state index is 12.2. The molecule has 114 valence electrons. The molecule has 0 radical (unpaired) electrons. The number of nitrogens with zero attached hydrogens (tertiary/aromatic N) is 2. The molecule has 1 aromatic carbocycles. The lowest BCUT2D eigenvalue weighted by Crippen LogP contribution is -2.39. The first-order valence-electron chi connectivity index (χ1n) is 7.16. The first-order chi connectivity index (χ1) is 9.95. The van der Waals surface area contributed by atoms with Gasteiger partial charge in [0.15, 0.2) is 0 Å². The number of aromatic amines is 1. The molecule has 0 aliphatic carbocycles. The summed E-state index contributed by atoms with van der Waals surface area (Å²) in [6.07, 6.45) is 0.624. The fourth-order valence-corrected chi connectivity index (χ4v) is 4.33. The van der Waals surface area contributed by atoms with Crippen LogP contribution in [0, 0.1) is 0 Å². The molecule has 2 heterocycles. The number of fused-ring (bicyclic) bond motifs is 1. The second-order valence-electron chi connectivity index (χ2n) is 5.75. The van der Waals surface area contributed by atoms with Gasteiger partial charge in [-0.15, -0.1) is 0 Å². The fourth-order valence-electron chi connectivity index (χ4n) is 2.69. The van der Waals surface area contributed by atoms with E-state index < -0.39 is 10.0 Å². The maximum absolute atomic E-state index is 12.2. The number of para-hydroxylation sites is 2. The van der Waals surface area contributed by atoms with Gasteiger partial charge in [0.2, 0.25) is 16.0 Å². The lowest BCUT2D eigenvalue weighted by Gasteiger charge is -2.17. The van der Waals surface area contributed by atoms with Crippen LogP contribution in [0.15, 0.2) is 24.3 Å². The van der Waals surface area contributed by atoms with E-state index in [9.17, 15) is 8.42 Å². The van der Waals surface area contributed by atoms with E-state index in [-0.39, 0.29) is 11.3 Å². The van der Waals surface area contributed by atoms with E-state index in [1.807, 2.05) is 43.0 Å². The number of imidazole rings is 1. The van der Waals surface area contributed by atoms with Gasteiger partial charge in [-0.1, -0.05) is 12.1 Å². The van der Waals surface area contributed by atoms with Crippen molar-refractivity contribution in [2.24, 2.45) is 0 Å². The summed E-state index contributed by atoms with van der Waals surface area (Å²) in [5.74, 6) is 0.749. The predicted octanol–water partition coefficient (Wildman–Crippen LogP) is 1.47. The second-order valence-corrected chi connectivity index (χ2v) is 7.74. The summed E-state index contributed by atoms with van der Waals surface area (Å²) in [5, 5.41) is -0.381. The highest BCUT2D eigenvalue weighted by Gasteiger charge is 2.34. The molecule has 6 nitrogen and oxygen atoms in total. The van der Waals surface area contributed by atoms with Crippen LogP contribution in [-0.4, -0.2) is 42.8 Å². The van der Waals surface area contributed by atoms with E-state index >= 15 is 0 Å². The summed E-state index contributed by atoms with van der Waals surface area (Å²) in [6.45, 7) is 4.85. The standard InChI is InChI=1S/C14H20N4O2S/c1-10(2)17-21(19,20)11-7-8-18(9-11)14-15-12-5-3-4-6-13(12)16-14/h3-6,10-11,17H,7-9H2,1-2H3,(H,15,16). The van der Waals surface area contributed by atoms with Gasteiger partial charge >= 0.3 is 0 Å². The minimum atomic E-state index is -3.26. The molecule has 1 aromatic heterocycles. The minimum Gasteiger partial charge on any atom is -0.341 e. The number of rotatable bonds is 4. The molecule has 0 amide bonds. The number of anilines is 1. The van der Waals surface area contributed by atoms with Crippen LogP contribution in [0.4, 0.5) is 5.95 Å². The van der Waals surface area contributed by atoms with E-state index in [0.29, 0.717) is 19.5 Å². The quantitative estimate of drug-likeness (QED) is 0.896. The van der Waals surface area contributed by atoms with E-state index in [1.165, 1.54) is 0 Å². The minimum absolute atomic E-state index is 0.0738. The highest BCUT2D eigenvalue weighted by molar-refractivity contribution is 7.90. The Kier molecular flexibility index (Phi) is 3.62. The molecule has 3 rings (SSSR count). The van der Waals surface area contributed by atoms with E-state index in [4.69, 9.17) is 0 Å². The Morgan fingerprint density at radius 2 is 2.14 bits per heavy atom. The second kappa shape index (κ2) is 5.31. The van der Waals surface area contributed by atoms with Crippen molar-refractivity contribution in [2.75, 3.05) is 18.0 Å². The third-order valence-electron chi connectivity index (χ3n) is 3.66. The smallest absolute Gasteiger partial charge is 0.216 e. The molecule has 21 heavy (non-hydrogen) atoms. The fraction of sp³-hybridized carbons (Fsp3) is 0.500. The lowest BCUT2D eigenvalue weighted by atomic mass is 10.3. The first kappa shape index (κ1) is 14.3. The Morgan fingerprint density at radius 1 is 1.38 bits per heavy atom. The average molecular weight is 308 g/mol. The van der Waals surface area contributed by atoms with Gasteiger partial charge in [-0.05, 0) is 32.4 Å². The van der Waals surface area contributed by atoms with Crippen LogP contribution in [0.2, 0.25) is 0 Å². The van der Waals surface area contributed by atoms with Crippen LogP contribution in [0.25, 0.3) is 11.0 Å². The molecule has 0 saturated carbocycles. The molecule has 0 spiro atoms. The van der Waals surface area contributed by atoms with Crippen LogP contribution < -0.4 is 9.62 Å². The van der Waals surface area contributed by atoms with Gasteiger partial charge in [0.1, 0.15) is 0 Å². The van der Waals surface area contributed by atoms with E-state index in [2.05, 4.69) is 14.7 Å². The number of nitrogens with one attached hydrogen (secondary N) is 2. The van der Waals surface area contributed by atoms with Crippen molar-refractivity contribution in [3.05, 3.63) is 24.3 Å². The number of benzene rings is 1. The largest absolute Gasteiger partial charge is 0.341 e. The molecule has 1 aliphatic heterocycles. The number of sulfonamides is 1. The van der Waals surface area contributed by atoms with Gasteiger partial charge in [0.25, 0.3) is 0 Å². The maximum Gasteiger partial charge on any atom is 0.216 e. The molecular formula is C14H20N4O2S. The predicted molar refractivity (Wildman–Crippen MR) is 83.9 cm³/mol. The summed E-state index contributed by atoms with van der Waals surface area (Å²) in [4.78, 5) is 9.78. The zero-order chi connectivity index (χ0) is 15.0. The first-order valence-corrected chi connectivity index (χ1v) is 8.71. The monoisotopic (exact) mass is 308 g/mol. The van der Waals surface area contributed by atoms with Crippen molar-refractivity contribution < 1.29 is 8.42 Å². The van der Waals surface area contributed by atoms with Gasteiger partial charge in [0.05, 0.1) is 16.3 Å². The highest BCUT2D eigenvalue weighted by atomic mass is 32.2. The van der Waals surface area contributed by atoms with Crippen molar-refractivity contribution in [2.45, 2.75) is 31.6 Å². The summed E-state index contributed by atoms with van der Waals surface area (Å²) < 4.78 is 27.1. The van der Waals surface area contributed by atoms with Crippen molar-refractivity contribution in [1.29, 1.82) is 0 Å². The molecule has 1 unspecified atom stereocenters. The summed E-state index contributed by atoms with van der Waals surface area (Å²) in [5.41, 5.74) is 1.87. The van der Waals surface area contributed by atoms with Crippen molar-refractivity contribution in [3.63, 3.8) is 0 Å². The van der Waals surface area contributed by atoms with Crippen LogP contribution >= 0.6 is 0 Å². The molecule has 1 aliphatic rings. The molecule has 7 heteroatoms. The van der Waals surface area contributed by atoms with Gasteiger partial charge in [0, 0.05) is 19.1 Å². The topological polar surface area (TPSA) is 78.1 Å². The Morgan fingerprint density at radius 3 is 2.86 bits per heavy atom. The number of hydrogen-bond acceptors (Lipinski definition) is 4. The van der Waals surface area contributed by atoms with Gasteiger partial charge < -0.3 is 9.88 Å². The number of H-pyrrole nitrogens is 1. The Hall–Kier alpha value is -1.60. The molecule has 1 saturated heterocycles. The highest BCUT2D eigenvalue weighted by Crippen LogP contribution is 2.23. The normalized spacial score (nSPS) is 19.8. The zero-order valence-corrected chi connectivity index (χ0v) is 13.0. The number of hydrogen-bond donors (Lipinski definition) is 2. The molecule has 2 N–H and O–H groups in total. The third-order valence-corrected chi connectivity index (χ3v) is 5.72. The zero-order valence-electron chi connectivity index (χ0n) is 12.2. The lowest BCUT2D eigenvalue weighted by molar-refractivity contribution is 0.557. The summed E-state index contributed by atoms with van der Waals surface area (Å²) >= 11 is 0. The van der Waals surface area contributed by atoms with Gasteiger partial charge in [-0.2, -0.15) is 0 Å². The van der Waals surface area contributed by atoms with Crippen LogP contribution in [0.3, 0.4) is 0 Å². The average Bonchev–Trinajstić information content (AvgIpc) is 3.04.